The third-order valence-corrected chi connectivity index (χ3v) is 7.34. The molecule has 0 radical (unpaired) electrons. The molecule has 0 amide bonds. The second-order valence-corrected chi connectivity index (χ2v) is 10.0. The zero-order valence-electron chi connectivity index (χ0n) is 22.5. The summed E-state index contributed by atoms with van der Waals surface area (Å²) < 4.78 is 17.4. The molecule has 5 aromatic rings. The lowest BCUT2D eigenvalue weighted by Crippen LogP contribution is -2.29. The van der Waals surface area contributed by atoms with Gasteiger partial charge in [-0.15, -0.1) is 0 Å². The number of furan rings is 1. The van der Waals surface area contributed by atoms with Crippen LogP contribution in [-0.4, -0.2) is 23.2 Å². The van der Waals surface area contributed by atoms with E-state index in [9.17, 15) is 4.79 Å². The summed E-state index contributed by atoms with van der Waals surface area (Å²) >= 11 is 5.85. The van der Waals surface area contributed by atoms with Gasteiger partial charge in [-0.3, -0.25) is 4.98 Å². The molecular formula is C33H27N3O4S. The maximum absolute atomic E-state index is 12.1. The minimum absolute atomic E-state index is 0.257. The summed E-state index contributed by atoms with van der Waals surface area (Å²) in [6.45, 7) is 2.02. The van der Waals surface area contributed by atoms with E-state index in [0.717, 1.165) is 34.0 Å². The van der Waals surface area contributed by atoms with E-state index in [0.29, 0.717) is 22.2 Å². The number of carbonyl (C=O) groups excluding carboxylic acids is 1. The molecule has 0 spiro atoms. The number of hydrogen-bond donors (Lipinski definition) is 1. The molecule has 0 unspecified atom stereocenters. The number of methoxy groups -OCH3 is 1. The van der Waals surface area contributed by atoms with E-state index in [-0.39, 0.29) is 12.1 Å². The smallest absolute Gasteiger partial charge is 0.337 e. The summed E-state index contributed by atoms with van der Waals surface area (Å²) in [5, 5.41) is 4.01. The Morgan fingerprint density at radius 1 is 0.951 bits per heavy atom. The van der Waals surface area contributed by atoms with Crippen LogP contribution in [0.25, 0.3) is 11.3 Å². The number of pyridine rings is 1. The number of anilines is 1. The van der Waals surface area contributed by atoms with E-state index in [1.54, 1.807) is 24.4 Å². The fraction of sp³-hybridized carbons (Fsp3) is 0.121. The van der Waals surface area contributed by atoms with Crippen molar-refractivity contribution in [3.05, 3.63) is 132 Å². The van der Waals surface area contributed by atoms with Crippen molar-refractivity contribution in [2.75, 3.05) is 12.0 Å². The van der Waals surface area contributed by atoms with Gasteiger partial charge in [0, 0.05) is 17.4 Å². The van der Waals surface area contributed by atoms with Gasteiger partial charge >= 0.3 is 5.97 Å². The molecule has 6 rings (SSSR count). The average Bonchev–Trinajstić information content (AvgIpc) is 3.63. The number of ether oxygens (including phenoxy) is 2. The Hall–Kier alpha value is -4.95. The van der Waals surface area contributed by atoms with Crippen LogP contribution < -0.4 is 15.0 Å². The summed E-state index contributed by atoms with van der Waals surface area (Å²) in [4.78, 5) is 18.7. The summed E-state index contributed by atoms with van der Waals surface area (Å²) in [6.07, 6.45) is 1.77. The first-order valence-electron chi connectivity index (χ1n) is 13.1. The number of esters is 1. The topological polar surface area (TPSA) is 76.8 Å². The van der Waals surface area contributed by atoms with Gasteiger partial charge in [-0.1, -0.05) is 36.4 Å². The predicted octanol–water partition coefficient (Wildman–Crippen LogP) is 7.41. The maximum Gasteiger partial charge on any atom is 0.337 e. The van der Waals surface area contributed by atoms with Crippen LogP contribution >= 0.6 is 12.2 Å². The molecule has 0 bridgehead atoms. The highest BCUT2D eigenvalue weighted by molar-refractivity contribution is 7.80. The molecule has 0 aliphatic carbocycles. The van der Waals surface area contributed by atoms with Crippen molar-refractivity contribution in [3.63, 3.8) is 0 Å². The van der Waals surface area contributed by atoms with Crippen molar-refractivity contribution in [2.24, 2.45) is 0 Å². The van der Waals surface area contributed by atoms with Gasteiger partial charge in [0.15, 0.2) is 5.11 Å². The molecule has 41 heavy (non-hydrogen) atoms. The average molecular weight is 562 g/mol. The number of rotatable bonds is 7. The molecule has 204 valence electrons. The Balaban J connectivity index is 1.35. The fourth-order valence-electron chi connectivity index (χ4n) is 4.98. The monoisotopic (exact) mass is 561 g/mol. The van der Waals surface area contributed by atoms with Crippen molar-refractivity contribution >= 4 is 29.0 Å². The molecular weight excluding hydrogens is 534 g/mol. The van der Waals surface area contributed by atoms with Crippen molar-refractivity contribution in [3.8, 4) is 22.8 Å². The highest BCUT2D eigenvalue weighted by Gasteiger charge is 2.42. The molecule has 1 aliphatic rings. The second-order valence-electron chi connectivity index (χ2n) is 9.63. The molecule has 3 aromatic carbocycles. The SMILES string of the molecule is COC(=O)c1cccc(-c2ccc([C@H]3[C@@H](c4ccccn4)NC(=S)N3c3ccc(Oc4ccccc4C)cc3)o2)c1. The molecule has 3 heterocycles. The summed E-state index contributed by atoms with van der Waals surface area (Å²) in [5.41, 5.74) is 4.01. The van der Waals surface area contributed by atoms with Crippen LogP contribution in [0.4, 0.5) is 5.69 Å². The molecule has 1 N–H and O–H groups in total. The molecule has 0 saturated carbocycles. The number of aryl methyl sites for hydroxylation is 1. The highest BCUT2D eigenvalue weighted by atomic mass is 32.1. The van der Waals surface area contributed by atoms with Crippen molar-refractivity contribution in [1.82, 2.24) is 10.3 Å². The second kappa shape index (κ2) is 11.3. The number of benzene rings is 3. The zero-order valence-corrected chi connectivity index (χ0v) is 23.3. The normalized spacial score (nSPS) is 16.3. The van der Waals surface area contributed by atoms with E-state index in [4.69, 9.17) is 26.1 Å². The first kappa shape index (κ1) is 26.3. The standard InChI is InChI=1S/C33H27N3O4S/c1-21-8-3-4-12-27(21)39-25-15-13-24(14-16-25)36-31(30(35-33(36)41)26-11-5-6-19-34-26)29-18-17-28(40-29)22-9-7-10-23(20-22)32(37)38-2/h3-20,30-31H,1-2H3,(H,35,41)/t30-,31+/m1/s1. The summed E-state index contributed by atoms with van der Waals surface area (Å²) in [5.74, 6) is 2.47. The van der Waals surface area contributed by atoms with Crippen LogP contribution in [0.5, 0.6) is 11.5 Å². The Labute approximate surface area is 243 Å². The van der Waals surface area contributed by atoms with E-state index in [2.05, 4.69) is 10.3 Å². The Bertz CT molecular complexity index is 1700. The van der Waals surface area contributed by atoms with E-state index >= 15 is 0 Å². The number of nitrogens with zero attached hydrogens (tertiary/aromatic N) is 2. The predicted molar refractivity (Wildman–Crippen MR) is 161 cm³/mol. The van der Waals surface area contributed by atoms with Crippen molar-refractivity contribution in [1.29, 1.82) is 0 Å². The van der Waals surface area contributed by atoms with E-state index < -0.39 is 5.97 Å². The zero-order chi connectivity index (χ0) is 28.3. The van der Waals surface area contributed by atoms with Gasteiger partial charge in [0.05, 0.1) is 24.4 Å². The molecule has 2 aromatic heterocycles. The lowest BCUT2D eigenvalue weighted by molar-refractivity contribution is 0.0601. The first-order chi connectivity index (χ1) is 20.0. The van der Waals surface area contributed by atoms with Crippen LogP contribution in [-0.2, 0) is 4.74 Å². The Morgan fingerprint density at radius 3 is 2.51 bits per heavy atom. The van der Waals surface area contributed by atoms with Gasteiger partial charge in [-0.25, -0.2) is 4.79 Å². The summed E-state index contributed by atoms with van der Waals surface area (Å²) in [7, 11) is 1.36. The van der Waals surface area contributed by atoms with E-state index in [1.807, 2.05) is 96.8 Å². The largest absolute Gasteiger partial charge is 0.465 e. The van der Waals surface area contributed by atoms with Gasteiger partial charge in [0.2, 0.25) is 0 Å². The minimum Gasteiger partial charge on any atom is -0.465 e. The number of hydrogen-bond acceptors (Lipinski definition) is 6. The number of para-hydroxylation sites is 1. The maximum atomic E-state index is 12.1. The summed E-state index contributed by atoms with van der Waals surface area (Å²) in [6, 6.07) is 32.0. The number of nitrogens with one attached hydrogen (secondary N) is 1. The van der Waals surface area contributed by atoms with Crippen LogP contribution in [0.1, 0.15) is 39.5 Å². The number of carbonyl (C=O) groups is 1. The number of aromatic nitrogens is 1. The van der Waals surface area contributed by atoms with Gasteiger partial charge in [0.1, 0.15) is 29.1 Å². The molecule has 2 atom stereocenters. The Kier molecular flexibility index (Phi) is 7.22. The molecule has 8 heteroatoms. The van der Waals surface area contributed by atoms with E-state index in [1.165, 1.54) is 7.11 Å². The Morgan fingerprint density at radius 2 is 1.76 bits per heavy atom. The third-order valence-electron chi connectivity index (χ3n) is 7.02. The molecule has 1 fully saturated rings. The van der Waals surface area contributed by atoms with Crippen LogP contribution in [0.3, 0.4) is 0 Å². The van der Waals surface area contributed by atoms with Crippen molar-refractivity contribution in [2.45, 2.75) is 19.0 Å². The van der Waals surface area contributed by atoms with Crippen LogP contribution in [0, 0.1) is 6.92 Å². The minimum atomic E-state index is -0.403. The van der Waals surface area contributed by atoms with Gasteiger partial charge < -0.3 is 24.1 Å². The lowest BCUT2D eigenvalue weighted by Gasteiger charge is -2.26. The van der Waals surface area contributed by atoms with Gasteiger partial charge in [-0.05, 0) is 91.4 Å². The molecule has 7 nitrogen and oxygen atoms in total. The molecule has 1 aliphatic heterocycles. The highest BCUT2D eigenvalue weighted by Crippen LogP contribution is 2.43. The van der Waals surface area contributed by atoms with Gasteiger partial charge in [0.25, 0.3) is 0 Å². The lowest BCUT2D eigenvalue weighted by atomic mass is 10.0. The van der Waals surface area contributed by atoms with Crippen LogP contribution in [0.15, 0.2) is 114 Å². The molecule has 1 saturated heterocycles. The number of thiocarbonyl (C=S) groups is 1. The van der Waals surface area contributed by atoms with Crippen LogP contribution in [0.2, 0.25) is 0 Å². The van der Waals surface area contributed by atoms with Gasteiger partial charge in [-0.2, -0.15) is 0 Å². The third kappa shape index (κ3) is 5.29. The first-order valence-corrected chi connectivity index (χ1v) is 13.6. The fourth-order valence-corrected chi connectivity index (χ4v) is 5.32. The quantitative estimate of drug-likeness (QED) is 0.163. The van der Waals surface area contributed by atoms with Crippen molar-refractivity contribution < 1.29 is 18.7 Å².